The van der Waals surface area contributed by atoms with E-state index in [1.165, 1.54) is 11.6 Å². The van der Waals surface area contributed by atoms with Crippen molar-refractivity contribution < 1.29 is 4.39 Å². The third-order valence-electron chi connectivity index (χ3n) is 4.02. The zero-order chi connectivity index (χ0) is 15.4. The fourth-order valence-electron chi connectivity index (χ4n) is 2.75. The number of halogens is 1. The van der Waals surface area contributed by atoms with E-state index in [0.29, 0.717) is 11.4 Å². The highest BCUT2D eigenvalue weighted by molar-refractivity contribution is 5.91. The molecule has 0 radical (unpaired) electrons. The number of nitrogens with one attached hydrogen (secondary N) is 1. The van der Waals surface area contributed by atoms with Gasteiger partial charge in [0, 0.05) is 29.7 Å². The van der Waals surface area contributed by atoms with Crippen LogP contribution in [0.15, 0.2) is 60.8 Å². The van der Waals surface area contributed by atoms with Crippen LogP contribution in [0.3, 0.4) is 0 Å². The molecule has 0 aliphatic heterocycles. The fourth-order valence-corrected chi connectivity index (χ4v) is 2.75. The van der Waals surface area contributed by atoms with Crippen LogP contribution in [0.4, 0.5) is 10.1 Å². The minimum Gasteiger partial charge on any atom is -0.384 e. The molecule has 2 nitrogen and oxygen atoms in total. The highest BCUT2D eigenvalue weighted by Crippen LogP contribution is 2.25. The third kappa shape index (κ3) is 2.93. The van der Waals surface area contributed by atoms with Crippen molar-refractivity contribution in [3.8, 4) is 0 Å². The predicted molar refractivity (Wildman–Crippen MR) is 89.7 cm³/mol. The van der Waals surface area contributed by atoms with Crippen LogP contribution in [-0.2, 0) is 0 Å². The Bertz CT molecular complexity index is 756. The molecular weight excluding hydrogens is 275 g/mol. The Morgan fingerprint density at radius 2 is 1.86 bits per heavy atom. The van der Waals surface area contributed by atoms with Gasteiger partial charge in [-0.1, -0.05) is 49.4 Å². The predicted octanol–water partition coefficient (Wildman–Crippen LogP) is 4.98. The highest BCUT2D eigenvalue weighted by Gasteiger charge is 2.10. The summed E-state index contributed by atoms with van der Waals surface area (Å²) in [4.78, 5) is 4.13. The van der Waals surface area contributed by atoms with Crippen LogP contribution in [0.1, 0.15) is 24.8 Å². The summed E-state index contributed by atoms with van der Waals surface area (Å²) in [6, 6.07) is 17.4. The van der Waals surface area contributed by atoms with Gasteiger partial charge >= 0.3 is 0 Å². The van der Waals surface area contributed by atoms with Crippen molar-refractivity contribution in [3.05, 3.63) is 72.2 Å². The maximum absolute atomic E-state index is 13.8. The first-order chi connectivity index (χ1) is 10.8. The van der Waals surface area contributed by atoms with E-state index in [-0.39, 0.29) is 5.82 Å². The zero-order valence-electron chi connectivity index (χ0n) is 12.6. The Balaban J connectivity index is 1.83. The summed E-state index contributed by atoms with van der Waals surface area (Å²) in [7, 11) is 0. The molecule has 22 heavy (non-hydrogen) atoms. The van der Waals surface area contributed by atoms with Crippen molar-refractivity contribution in [2.75, 3.05) is 11.9 Å². The Morgan fingerprint density at radius 1 is 1.05 bits per heavy atom. The van der Waals surface area contributed by atoms with Crippen LogP contribution in [-0.4, -0.2) is 11.5 Å². The maximum Gasteiger partial charge on any atom is 0.149 e. The molecule has 0 aliphatic carbocycles. The van der Waals surface area contributed by atoms with Gasteiger partial charge in [-0.3, -0.25) is 4.98 Å². The minimum absolute atomic E-state index is 0.281. The topological polar surface area (TPSA) is 24.9 Å². The van der Waals surface area contributed by atoms with Crippen LogP contribution < -0.4 is 5.32 Å². The molecule has 112 valence electrons. The molecular formula is C19H19FN2. The SMILES string of the molecule is CCC(CNc1ccnc2c(F)cccc12)c1ccccc1. The molecule has 0 saturated carbocycles. The lowest BCUT2D eigenvalue weighted by atomic mass is 9.96. The van der Waals surface area contributed by atoms with E-state index in [1.54, 1.807) is 12.3 Å². The monoisotopic (exact) mass is 294 g/mol. The van der Waals surface area contributed by atoms with Crippen LogP contribution >= 0.6 is 0 Å². The standard InChI is InChI=1S/C19H19FN2/c1-2-14(15-7-4-3-5-8-15)13-22-18-11-12-21-19-16(18)9-6-10-17(19)20/h3-12,14H,2,13H2,1H3,(H,21,22). The molecule has 1 aromatic heterocycles. The molecule has 3 heteroatoms. The molecule has 1 unspecified atom stereocenters. The Morgan fingerprint density at radius 3 is 2.64 bits per heavy atom. The van der Waals surface area contributed by atoms with E-state index in [4.69, 9.17) is 0 Å². The number of hydrogen-bond acceptors (Lipinski definition) is 2. The lowest BCUT2D eigenvalue weighted by molar-refractivity contribution is 0.637. The summed E-state index contributed by atoms with van der Waals surface area (Å²) in [5, 5.41) is 4.28. The minimum atomic E-state index is -0.281. The Hall–Kier alpha value is -2.42. The maximum atomic E-state index is 13.8. The van der Waals surface area contributed by atoms with Crippen LogP contribution in [0.5, 0.6) is 0 Å². The Kier molecular flexibility index (Phi) is 4.33. The second-order valence-corrected chi connectivity index (χ2v) is 5.39. The first-order valence-electron chi connectivity index (χ1n) is 7.61. The lowest BCUT2D eigenvalue weighted by Crippen LogP contribution is -2.12. The molecule has 0 amide bonds. The molecule has 0 bridgehead atoms. The van der Waals surface area contributed by atoms with Gasteiger partial charge in [-0.05, 0) is 24.1 Å². The molecule has 1 heterocycles. The highest BCUT2D eigenvalue weighted by atomic mass is 19.1. The average molecular weight is 294 g/mol. The van der Waals surface area contributed by atoms with E-state index < -0.39 is 0 Å². The smallest absolute Gasteiger partial charge is 0.149 e. The first-order valence-corrected chi connectivity index (χ1v) is 7.61. The van der Waals surface area contributed by atoms with Crippen LogP contribution in [0, 0.1) is 5.82 Å². The molecule has 1 N–H and O–H groups in total. The third-order valence-corrected chi connectivity index (χ3v) is 4.02. The molecule has 0 spiro atoms. The van der Waals surface area contributed by atoms with Gasteiger partial charge in [-0.25, -0.2) is 4.39 Å². The second kappa shape index (κ2) is 6.56. The van der Waals surface area contributed by atoms with Gasteiger partial charge < -0.3 is 5.32 Å². The van der Waals surface area contributed by atoms with E-state index in [9.17, 15) is 4.39 Å². The van der Waals surface area contributed by atoms with Crippen LogP contribution in [0.2, 0.25) is 0 Å². The van der Waals surface area contributed by atoms with Crippen molar-refractivity contribution in [2.45, 2.75) is 19.3 Å². The molecule has 3 aromatic rings. The van der Waals surface area contributed by atoms with Crippen molar-refractivity contribution in [1.82, 2.24) is 4.98 Å². The number of pyridine rings is 1. The lowest BCUT2D eigenvalue weighted by Gasteiger charge is -2.18. The second-order valence-electron chi connectivity index (χ2n) is 5.39. The normalized spacial score (nSPS) is 12.3. The largest absolute Gasteiger partial charge is 0.384 e. The summed E-state index contributed by atoms with van der Waals surface area (Å²) in [5.74, 6) is 0.147. The van der Waals surface area contributed by atoms with Crippen molar-refractivity contribution in [1.29, 1.82) is 0 Å². The Labute approximate surface area is 130 Å². The van der Waals surface area contributed by atoms with Gasteiger partial charge in [0.1, 0.15) is 11.3 Å². The van der Waals surface area contributed by atoms with E-state index in [0.717, 1.165) is 24.0 Å². The van der Waals surface area contributed by atoms with Gasteiger partial charge in [-0.15, -0.1) is 0 Å². The van der Waals surface area contributed by atoms with Crippen molar-refractivity contribution in [2.24, 2.45) is 0 Å². The van der Waals surface area contributed by atoms with Gasteiger partial charge in [0.05, 0.1) is 0 Å². The average Bonchev–Trinajstić information content (AvgIpc) is 2.57. The first kappa shape index (κ1) is 14.5. The molecule has 0 saturated heterocycles. The molecule has 0 aliphatic rings. The number of anilines is 1. The summed E-state index contributed by atoms with van der Waals surface area (Å²) in [5.41, 5.74) is 2.67. The van der Waals surface area contributed by atoms with Crippen LogP contribution in [0.25, 0.3) is 10.9 Å². The number of benzene rings is 2. The van der Waals surface area contributed by atoms with Gasteiger partial charge in [0.15, 0.2) is 0 Å². The number of aromatic nitrogens is 1. The van der Waals surface area contributed by atoms with Gasteiger partial charge in [0.25, 0.3) is 0 Å². The number of rotatable bonds is 5. The number of nitrogens with zero attached hydrogens (tertiary/aromatic N) is 1. The van der Waals surface area contributed by atoms with Gasteiger partial charge in [0.2, 0.25) is 0 Å². The number of fused-ring (bicyclic) bond motifs is 1. The summed E-state index contributed by atoms with van der Waals surface area (Å²) < 4.78 is 13.8. The molecule has 3 rings (SSSR count). The number of hydrogen-bond donors (Lipinski definition) is 1. The van der Waals surface area contributed by atoms with Crippen molar-refractivity contribution >= 4 is 16.6 Å². The fraction of sp³-hybridized carbons (Fsp3) is 0.211. The molecule has 0 fully saturated rings. The summed E-state index contributed by atoms with van der Waals surface area (Å²) in [6.45, 7) is 3.00. The number of para-hydroxylation sites is 1. The molecule has 1 atom stereocenters. The summed E-state index contributed by atoms with van der Waals surface area (Å²) in [6.07, 6.45) is 2.70. The van der Waals surface area contributed by atoms with E-state index in [1.807, 2.05) is 18.2 Å². The van der Waals surface area contributed by atoms with Gasteiger partial charge in [-0.2, -0.15) is 0 Å². The zero-order valence-corrected chi connectivity index (χ0v) is 12.6. The van der Waals surface area contributed by atoms with E-state index >= 15 is 0 Å². The molecule has 2 aromatic carbocycles. The van der Waals surface area contributed by atoms with E-state index in [2.05, 4.69) is 41.5 Å². The quantitative estimate of drug-likeness (QED) is 0.718. The van der Waals surface area contributed by atoms with Crippen molar-refractivity contribution in [3.63, 3.8) is 0 Å². The summed E-state index contributed by atoms with van der Waals surface area (Å²) >= 11 is 0.